The SMILES string of the molecule is C[C@@H](OC(=O)/C=C/c1c(F)cccc1Cl)C(=O)Nc1ccc(F)cc1Cl. The molecule has 0 radical (unpaired) electrons. The molecule has 0 aliphatic rings. The van der Waals surface area contributed by atoms with Crippen molar-refractivity contribution in [3.8, 4) is 0 Å². The Morgan fingerprint density at radius 3 is 2.54 bits per heavy atom. The van der Waals surface area contributed by atoms with E-state index in [-0.39, 0.29) is 21.3 Å². The van der Waals surface area contributed by atoms with E-state index >= 15 is 0 Å². The first-order valence-corrected chi connectivity index (χ1v) is 8.12. The quantitative estimate of drug-likeness (QED) is 0.577. The van der Waals surface area contributed by atoms with Gasteiger partial charge in [0.1, 0.15) is 11.6 Å². The summed E-state index contributed by atoms with van der Waals surface area (Å²) in [6, 6.07) is 7.54. The summed E-state index contributed by atoms with van der Waals surface area (Å²) in [6.45, 7) is 1.34. The van der Waals surface area contributed by atoms with Crippen LogP contribution in [0.3, 0.4) is 0 Å². The summed E-state index contributed by atoms with van der Waals surface area (Å²) in [5.41, 5.74) is 0.205. The predicted octanol–water partition coefficient (Wildman–Crippen LogP) is 4.86. The Morgan fingerprint density at radius 2 is 1.88 bits per heavy atom. The molecule has 0 bridgehead atoms. The van der Waals surface area contributed by atoms with Crippen LogP contribution in [0.25, 0.3) is 6.08 Å². The molecule has 0 saturated heterocycles. The molecule has 0 aliphatic heterocycles. The van der Waals surface area contributed by atoms with Gasteiger partial charge in [0.25, 0.3) is 5.91 Å². The normalized spacial score (nSPS) is 12.0. The zero-order valence-electron chi connectivity index (χ0n) is 13.4. The lowest BCUT2D eigenvalue weighted by molar-refractivity contribution is -0.148. The van der Waals surface area contributed by atoms with E-state index in [1.165, 1.54) is 31.2 Å². The first-order chi connectivity index (χ1) is 12.3. The monoisotopic (exact) mass is 399 g/mol. The van der Waals surface area contributed by atoms with Gasteiger partial charge in [0.05, 0.1) is 15.7 Å². The third-order valence-corrected chi connectivity index (χ3v) is 3.88. The summed E-state index contributed by atoms with van der Waals surface area (Å²) >= 11 is 11.6. The van der Waals surface area contributed by atoms with Gasteiger partial charge in [-0.15, -0.1) is 0 Å². The summed E-state index contributed by atoms with van der Waals surface area (Å²) in [4.78, 5) is 23.8. The highest BCUT2D eigenvalue weighted by molar-refractivity contribution is 6.33. The molecule has 1 atom stereocenters. The summed E-state index contributed by atoms with van der Waals surface area (Å²) in [5.74, 6) is -2.68. The fourth-order valence-corrected chi connectivity index (χ4v) is 2.35. The van der Waals surface area contributed by atoms with Gasteiger partial charge < -0.3 is 10.1 Å². The first kappa shape index (κ1) is 19.9. The third-order valence-electron chi connectivity index (χ3n) is 3.24. The second-order valence-electron chi connectivity index (χ2n) is 5.16. The van der Waals surface area contributed by atoms with Gasteiger partial charge in [0.15, 0.2) is 6.10 Å². The number of anilines is 1. The molecule has 0 unspecified atom stereocenters. The van der Waals surface area contributed by atoms with Crippen LogP contribution in [0.1, 0.15) is 12.5 Å². The van der Waals surface area contributed by atoms with Crippen molar-refractivity contribution in [3.05, 3.63) is 69.7 Å². The molecule has 0 heterocycles. The lowest BCUT2D eigenvalue weighted by Crippen LogP contribution is -2.29. The Hall–Kier alpha value is -2.44. The van der Waals surface area contributed by atoms with Crippen LogP contribution in [0.4, 0.5) is 14.5 Å². The number of esters is 1. The number of carbonyl (C=O) groups excluding carboxylic acids is 2. The van der Waals surface area contributed by atoms with Crippen molar-refractivity contribution in [1.29, 1.82) is 0 Å². The van der Waals surface area contributed by atoms with Gasteiger partial charge in [-0.2, -0.15) is 0 Å². The van der Waals surface area contributed by atoms with Crippen molar-refractivity contribution in [2.45, 2.75) is 13.0 Å². The molecule has 0 saturated carbocycles. The van der Waals surface area contributed by atoms with Crippen molar-refractivity contribution in [2.75, 3.05) is 5.32 Å². The number of carbonyl (C=O) groups is 2. The molecule has 1 N–H and O–H groups in total. The summed E-state index contributed by atoms with van der Waals surface area (Å²) < 4.78 is 31.5. The molecule has 4 nitrogen and oxygen atoms in total. The van der Waals surface area contributed by atoms with Crippen LogP contribution in [0.15, 0.2) is 42.5 Å². The molecule has 136 valence electrons. The highest BCUT2D eigenvalue weighted by atomic mass is 35.5. The van der Waals surface area contributed by atoms with E-state index in [1.807, 2.05) is 0 Å². The fourth-order valence-electron chi connectivity index (χ4n) is 1.91. The molecule has 0 fully saturated rings. The number of hydrogen-bond acceptors (Lipinski definition) is 3. The summed E-state index contributed by atoms with van der Waals surface area (Å²) in [5, 5.41) is 2.55. The summed E-state index contributed by atoms with van der Waals surface area (Å²) in [7, 11) is 0. The Kier molecular flexibility index (Phi) is 6.71. The van der Waals surface area contributed by atoms with E-state index in [2.05, 4.69) is 5.32 Å². The third kappa shape index (κ3) is 5.28. The van der Waals surface area contributed by atoms with Gasteiger partial charge in [-0.25, -0.2) is 13.6 Å². The zero-order valence-corrected chi connectivity index (χ0v) is 14.9. The molecular weight excluding hydrogens is 387 g/mol. The Labute approximate surface area is 158 Å². The van der Waals surface area contributed by atoms with Crippen LogP contribution >= 0.6 is 23.2 Å². The molecule has 2 aromatic rings. The number of hydrogen-bond donors (Lipinski definition) is 1. The van der Waals surface area contributed by atoms with E-state index < -0.39 is 29.6 Å². The van der Waals surface area contributed by atoms with Crippen LogP contribution in [0.2, 0.25) is 10.0 Å². The van der Waals surface area contributed by atoms with E-state index in [4.69, 9.17) is 27.9 Å². The first-order valence-electron chi connectivity index (χ1n) is 7.36. The average Bonchev–Trinajstić information content (AvgIpc) is 2.56. The Bertz CT molecular complexity index is 851. The zero-order chi connectivity index (χ0) is 19.3. The number of ether oxygens (including phenoxy) is 1. The molecular formula is C18H13Cl2F2NO3. The predicted molar refractivity (Wildman–Crippen MR) is 96.0 cm³/mol. The molecule has 26 heavy (non-hydrogen) atoms. The lowest BCUT2D eigenvalue weighted by Gasteiger charge is -2.13. The standard InChI is InChI=1S/C18H13Cl2F2NO3/c1-10(18(25)23-16-7-5-11(21)9-14(16)20)26-17(24)8-6-12-13(19)3-2-4-15(12)22/h2-10H,1H3,(H,23,25)/b8-6+/t10-/m1/s1. The van der Waals surface area contributed by atoms with Crippen molar-refractivity contribution in [1.82, 2.24) is 0 Å². The average molecular weight is 400 g/mol. The van der Waals surface area contributed by atoms with Gasteiger partial charge in [-0.1, -0.05) is 29.3 Å². The second-order valence-corrected chi connectivity index (χ2v) is 5.98. The van der Waals surface area contributed by atoms with Crippen molar-refractivity contribution in [2.24, 2.45) is 0 Å². The molecule has 0 aromatic heterocycles. The number of nitrogens with one attached hydrogen (secondary N) is 1. The Morgan fingerprint density at radius 1 is 1.15 bits per heavy atom. The Balaban J connectivity index is 1.97. The van der Waals surface area contributed by atoms with E-state index in [9.17, 15) is 18.4 Å². The highest BCUT2D eigenvalue weighted by Crippen LogP contribution is 2.23. The van der Waals surface area contributed by atoms with Gasteiger partial charge >= 0.3 is 5.97 Å². The van der Waals surface area contributed by atoms with Gasteiger partial charge in [0.2, 0.25) is 0 Å². The molecule has 1 amide bonds. The number of benzene rings is 2. The largest absolute Gasteiger partial charge is 0.449 e. The van der Waals surface area contributed by atoms with Crippen LogP contribution in [0.5, 0.6) is 0 Å². The summed E-state index contributed by atoms with van der Waals surface area (Å²) in [6.07, 6.45) is 0.949. The maximum atomic E-state index is 13.6. The fraction of sp³-hybridized carbons (Fsp3) is 0.111. The minimum atomic E-state index is -1.16. The maximum absolute atomic E-state index is 13.6. The minimum Gasteiger partial charge on any atom is -0.449 e. The van der Waals surface area contributed by atoms with Crippen molar-refractivity contribution < 1.29 is 23.1 Å². The smallest absolute Gasteiger partial charge is 0.331 e. The van der Waals surface area contributed by atoms with Crippen molar-refractivity contribution in [3.63, 3.8) is 0 Å². The molecule has 2 rings (SSSR count). The van der Waals surface area contributed by atoms with Gasteiger partial charge in [-0.05, 0) is 43.3 Å². The van der Waals surface area contributed by atoms with Crippen LogP contribution in [-0.2, 0) is 14.3 Å². The van der Waals surface area contributed by atoms with E-state index in [1.54, 1.807) is 0 Å². The van der Waals surface area contributed by atoms with Crippen molar-refractivity contribution >= 4 is 46.8 Å². The molecule has 0 aliphatic carbocycles. The lowest BCUT2D eigenvalue weighted by atomic mass is 10.2. The molecule has 0 spiro atoms. The second kappa shape index (κ2) is 8.78. The van der Waals surface area contributed by atoms with E-state index in [0.717, 1.165) is 24.3 Å². The molecule has 8 heteroatoms. The highest BCUT2D eigenvalue weighted by Gasteiger charge is 2.18. The van der Waals surface area contributed by atoms with Gasteiger partial charge in [0, 0.05) is 11.6 Å². The van der Waals surface area contributed by atoms with Crippen LogP contribution in [0, 0.1) is 11.6 Å². The topological polar surface area (TPSA) is 55.4 Å². The number of amides is 1. The number of halogens is 4. The van der Waals surface area contributed by atoms with Crippen LogP contribution in [-0.4, -0.2) is 18.0 Å². The van der Waals surface area contributed by atoms with Crippen LogP contribution < -0.4 is 5.32 Å². The molecule has 2 aromatic carbocycles. The van der Waals surface area contributed by atoms with E-state index in [0.29, 0.717) is 0 Å². The van der Waals surface area contributed by atoms with Gasteiger partial charge in [-0.3, -0.25) is 4.79 Å². The minimum absolute atomic E-state index is 0.00553. The number of rotatable bonds is 5. The maximum Gasteiger partial charge on any atom is 0.331 e.